The lowest BCUT2D eigenvalue weighted by molar-refractivity contribution is -0.139. The molecule has 1 aliphatic heterocycles. The van der Waals surface area contributed by atoms with Crippen molar-refractivity contribution in [2.24, 2.45) is 4.99 Å². The number of nitrogens with one attached hydrogen (secondary N) is 3. The normalized spacial score (nSPS) is 13.5. The van der Waals surface area contributed by atoms with Crippen LogP contribution in [0.2, 0.25) is 0 Å². The molecule has 1 heterocycles. The number of aliphatic carboxylic acids is 1. The van der Waals surface area contributed by atoms with Crippen molar-refractivity contribution in [1.82, 2.24) is 16.0 Å². The number of guanidine groups is 1. The number of aliphatic imine (C=N–C) groups is 1. The third kappa shape index (κ3) is 9.36. The van der Waals surface area contributed by atoms with Crippen molar-refractivity contribution in [1.29, 1.82) is 0 Å². The number of carboxylic acid groups (broad SMARTS) is 1. The fourth-order valence-corrected chi connectivity index (χ4v) is 3.30. The van der Waals surface area contributed by atoms with Gasteiger partial charge >= 0.3 is 12.1 Å². The maximum absolute atomic E-state index is 12.0. The Hall–Kier alpha value is -4.08. The van der Waals surface area contributed by atoms with Gasteiger partial charge in [0.05, 0.1) is 6.61 Å². The van der Waals surface area contributed by atoms with Gasteiger partial charge in [-0.25, -0.2) is 9.59 Å². The Labute approximate surface area is 203 Å². The highest BCUT2D eigenvalue weighted by atomic mass is 16.5. The summed E-state index contributed by atoms with van der Waals surface area (Å²) in [5, 5.41) is 17.6. The average Bonchev–Trinajstić information content (AvgIpc) is 2.87. The monoisotopic (exact) mass is 482 g/mol. The van der Waals surface area contributed by atoms with E-state index in [0.29, 0.717) is 43.3 Å². The van der Waals surface area contributed by atoms with Gasteiger partial charge in [0.15, 0.2) is 5.96 Å². The van der Waals surface area contributed by atoms with Gasteiger partial charge in [-0.3, -0.25) is 15.1 Å². The van der Waals surface area contributed by atoms with Crippen molar-refractivity contribution < 1.29 is 29.0 Å². The van der Waals surface area contributed by atoms with Gasteiger partial charge in [0, 0.05) is 25.9 Å². The highest BCUT2D eigenvalue weighted by molar-refractivity contribution is 5.97. The predicted molar refractivity (Wildman–Crippen MR) is 129 cm³/mol. The Kier molecular flexibility index (Phi) is 9.91. The number of alkyl carbamates (subject to hydrolysis) is 1. The first kappa shape index (κ1) is 25.5. The molecule has 1 unspecified atom stereocenters. The van der Waals surface area contributed by atoms with E-state index in [1.807, 2.05) is 30.3 Å². The Morgan fingerprint density at radius 1 is 1.06 bits per heavy atom. The standard InChI is InChI=1S/C25H30N4O6/c30-22(29-24-26-13-5-14-27-24)8-4-15-34-20-11-9-18(10-12-20)16-21(23(31)32)28-25(33)35-17-19-6-2-1-3-7-19/h1-3,6-7,9-12,21H,4-5,8,13-17H2,(H,28,33)(H,31,32)(H2,26,27,29,30). The average molecular weight is 483 g/mol. The van der Waals surface area contributed by atoms with Gasteiger partial charge < -0.3 is 25.2 Å². The number of hydrogen-bond donors (Lipinski definition) is 4. The number of benzene rings is 2. The molecule has 0 saturated carbocycles. The molecular weight excluding hydrogens is 452 g/mol. The minimum Gasteiger partial charge on any atom is -0.494 e. The van der Waals surface area contributed by atoms with Crippen molar-refractivity contribution in [2.75, 3.05) is 19.7 Å². The summed E-state index contributed by atoms with van der Waals surface area (Å²) in [5.74, 6) is -0.146. The molecule has 186 valence electrons. The van der Waals surface area contributed by atoms with Crippen LogP contribution < -0.4 is 20.7 Å². The predicted octanol–water partition coefficient (Wildman–Crippen LogP) is 2.23. The minimum absolute atomic E-state index is 0.0539. The van der Waals surface area contributed by atoms with Crippen LogP contribution in [-0.4, -0.2) is 54.8 Å². The quantitative estimate of drug-likeness (QED) is 0.360. The first-order valence-corrected chi connectivity index (χ1v) is 11.5. The second kappa shape index (κ2) is 13.6. The molecule has 0 aliphatic carbocycles. The summed E-state index contributed by atoms with van der Waals surface area (Å²) in [5.41, 5.74) is 1.52. The maximum Gasteiger partial charge on any atom is 0.408 e. The lowest BCUT2D eigenvalue weighted by atomic mass is 10.1. The Morgan fingerprint density at radius 2 is 1.83 bits per heavy atom. The van der Waals surface area contributed by atoms with E-state index >= 15 is 0 Å². The number of amides is 2. The lowest BCUT2D eigenvalue weighted by Crippen LogP contribution is -2.43. The molecule has 0 spiro atoms. The summed E-state index contributed by atoms with van der Waals surface area (Å²) in [6.45, 7) is 1.93. The molecule has 2 amide bonds. The SMILES string of the molecule is O=C(CCCOc1ccc(CC(NC(=O)OCc2ccccc2)C(=O)O)cc1)NC1=NCCCN1. The molecule has 1 atom stereocenters. The van der Waals surface area contributed by atoms with Crippen LogP contribution in [0.25, 0.3) is 0 Å². The molecule has 2 aromatic rings. The first-order valence-electron chi connectivity index (χ1n) is 11.5. The molecular formula is C25H30N4O6. The molecule has 0 bridgehead atoms. The zero-order valence-corrected chi connectivity index (χ0v) is 19.4. The van der Waals surface area contributed by atoms with Gasteiger partial charge in [-0.1, -0.05) is 42.5 Å². The Morgan fingerprint density at radius 3 is 2.51 bits per heavy atom. The lowest BCUT2D eigenvalue weighted by Gasteiger charge is -2.15. The van der Waals surface area contributed by atoms with E-state index in [4.69, 9.17) is 9.47 Å². The largest absolute Gasteiger partial charge is 0.494 e. The van der Waals surface area contributed by atoms with Crippen LogP contribution in [0.1, 0.15) is 30.4 Å². The van der Waals surface area contributed by atoms with Crippen molar-refractivity contribution in [3.63, 3.8) is 0 Å². The number of carbonyl (C=O) groups is 3. The van der Waals surface area contributed by atoms with E-state index in [9.17, 15) is 19.5 Å². The Bertz CT molecular complexity index is 1010. The van der Waals surface area contributed by atoms with E-state index < -0.39 is 18.1 Å². The summed E-state index contributed by atoms with van der Waals surface area (Å²) < 4.78 is 10.8. The van der Waals surface area contributed by atoms with E-state index in [1.54, 1.807) is 24.3 Å². The molecule has 10 heteroatoms. The second-order valence-corrected chi connectivity index (χ2v) is 7.96. The molecule has 4 N–H and O–H groups in total. The van der Waals surface area contributed by atoms with E-state index in [0.717, 1.165) is 18.5 Å². The number of carbonyl (C=O) groups excluding carboxylic acids is 2. The van der Waals surface area contributed by atoms with Crippen molar-refractivity contribution in [3.05, 3.63) is 65.7 Å². The molecule has 1 aliphatic rings. The van der Waals surface area contributed by atoms with Gasteiger partial charge in [-0.05, 0) is 36.1 Å². The molecule has 0 aromatic heterocycles. The van der Waals surface area contributed by atoms with Crippen LogP contribution in [0.15, 0.2) is 59.6 Å². The van der Waals surface area contributed by atoms with Crippen LogP contribution in [-0.2, 0) is 27.4 Å². The molecule has 10 nitrogen and oxygen atoms in total. The van der Waals surface area contributed by atoms with Gasteiger partial charge in [-0.2, -0.15) is 0 Å². The first-order chi connectivity index (χ1) is 17.0. The van der Waals surface area contributed by atoms with Gasteiger partial charge in [-0.15, -0.1) is 0 Å². The van der Waals surface area contributed by atoms with Gasteiger partial charge in [0.1, 0.15) is 18.4 Å². The summed E-state index contributed by atoms with van der Waals surface area (Å²) >= 11 is 0. The highest BCUT2D eigenvalue weighted by Crippen LogP contribution is 2.14. The van der Waals surface area contributed by atoms with Gasteiger partial charge in [0.25, 0.3) is 0 Å². The van der Waals surface area contributed by atoms with Crippen molar-refractivity contribution in [3.8, 4) is 5.75 Å². The van der Waals surface area contributed by atoms with Crippen molar-refractivity contribution in [2.45, 2.75) is 38.3 Å². The second-order valence-electron chi connectivity index (χ2n) is 7.96. The molecule has 0 radical (unpaired) electrons. The van der Waals surface area contributed by atoms with E-state index in [-0.39, 0.29) is 18.9 Å². The topological polar surface area (TPSA) is 138 Å². The third-order valence-electron chi connectivity index (χ3n) is 5.14. The third-order valence-corrected chi connectivity index (χ3v) is 5.14. The fourth-order valence-electron chi connectivity index (χ4n) is 3.30. The molecule has 35 heavy (non-hydrogen) atoms. The molecule has 3 rings (SSSR count). The number of nitrogens with zero attached hydrogens (tertiary/aromatic N) is 1. The van der Waals surface area contributed by atoms with Crippen LogP contribution in [0, 0.1) is 0 Å². The summed E-state index contributed by atoms with van der Waals surface area (Å²) in [4.78, 5) is 39.8. The van der Waals surface area contributed by atoms with Crippen LogP contribution >= 0.6 is 0 Å². The zero-order chi connectivity index (χ0) is 24.9. The molecule has 0 fully saturated rings. The number of carboxylic acids is 1. The maximum atomic E-state index is 12.0. The highest BCUT2D eigenvalue weighted by Gasteiger charge is 2.21. The number of hydrogen-bond acceptors (Lipinski definition) is 7. The molecule has 2 aromatic carbocycles. The van der Waals surface area contributed by atoms with Crippen LogP contribution in [0.5, 0.6) is 5.75 Å². The van der Waals surface area contributed by atoms with Crippen molar-refractivity contribution >= 4 is 23.9 Å². The minimum atomic E-state index is -1.16. The van der Waals surface area contributed by atoms with Gasteiger partial charge in [0.2, 0.25) is 5.91 Å². The van der Waals surface area contributed by atoms with E-state index in [1.165, 1.54) is 0 Å². The van der Waals surface area contributed by atoms with E-state index in [2.05, 4.69) is 20.9 Å². The van der Waals surface area contributed by atoms with Crippen LogP contribution in [0.3, 0.4) is 0 Å². The summed E-state index contributed by atoms with van der Waals surface area (Å²) in [6, 6.07) is 14.9. The Balaban J connectivity index is 1.37. The molecule has 0 saturated heterocycles. The number of rotatable bonds is 11. The smallest absolute Gasteiger partial charge is 0.408 e. The fraction of sp³-hybridized carbons (Fsp3) is 0.360. The number of ether oxygens (including phenoxy) is 2. The van der Waals surface area contributed by atoms with Crippen LogP contribution in [0.4, 0.5) is 4.79 Å². The summed E-state index contributed by atoms with van der Waals surface area (Å²) in [6.07, 6.45) is 1.10. The summed E-state index contributed by atoms with van der Waals surface area (Å²) in [7, 11) is 0. The zero-order valence-electron chi connectivity index (χ0n) is 19.4.